The summed E-state index contributed by atoms with van der Waals surface area (Å²) in [7, 11) is 0. The molecule has 1 N–H and O–H groups in total. The van der Waals surface area contributed by atoms with Crippen molar-refractivity contribution in [3.63, 3.8) is 0 Å². The molecule has 0 saturated carbocycles. The number of carbonyl (C=O) groups is 1. The zero-order valence-electron chi connectivity index (χ0n) is 10.2. The Bertz CT molecular complexity index is 525. The third kappa shape index (κ3) is 3.30. The second-order valence-electron chi connectivity index (χ2n) is 3.89. The number of aromatic nitrogens is 1. The lowest BCUT2D eigenvalue weighted by molar-refractivity contribution is -0.122. The van der Waals surface area contributed by atoms with Gasteiger partial charge in [-0.05, 0) is 43.6 Å². The number of hydrogen-bond donors (Lipinski definition) is 1. The molecular weight excluding hydrogens is 248 g/mol. The molecule has 2 aromatic rings. The summed E-state index contributed by atoms with van der Waals surface area (Å²) in [5.74, 6) is 0.503. The lowest BCUT2D eigenvalue weighted by atomic mass is 10.3. The summed E-state index contributed by atoms with van der Waals surface area (Å²) in [5, 5.41) is 3.51. The maximum absolute atomic E-state index is 11.9. The number of amides is 1. The van der Waals surface area contributed by atoms with E-state index in [1.807, 2.05) is 43.3 Å². The van der Waals surface area contributed by atoms with Crippen molar-refractivity contribution in [3.05, 3.63) is 42.1 Å². The van der Waals surface area contributed by atoms with Crippen LogP contribution in [0.25, 0.3) is 0 Å². The molecule has 0 bridgehead atoms. The quantitative estimate of drug-likeness (QED) is 0.921. The highest BCUT2D eigenvalue weighted by atomic mass is 32.1. The van der Waals surface area contributed by atoms with Gasteiger partial charge in [0.15, 0.2) is 6.10 Å². The number of nitrogens with one attached hydrogen (secondary N) is 1. The average molecular weight is 262 g/mol. The Morgan fingerprint density at radius 1 is 1.39 bits per heavy atom. The largest absolute Gasteiger partial charge is 0.481 e. The molecule has 0 aliphatic carbocycles. The Kier molecular flexibility index (Phi) is 3.94. The minimum atomic E-state index is -0.546. The monoisotopic (exact) mass is 262 g/mol. The molecule has 1 unspecified atom stereocenters. The van der Waals surface area contributed by atoms with Gasteiger partial charge in [0.1, 0.15) is 10.8 Å². The molecule has 94 valence electrons. The van der Waals surface area contributed by atoms with Gasteiger partial charge in [0.05, 0.1) is 5.69 Å². The van der Waals surface area contributed by atoms with Crippen LogP contribution < -0.4 is 10.1 Å². The van der Waals surface area contributed by atoms with Crippen molar-refractivity contribution in [1.29, 1.82) is 0 Å². The zero-order chi connectivity index (χ0) is 13.0. The van der Waals surface area contributed by atoms with E-state index >= 15 is 0 Å². The number of carbonyl (C=O) groups excluding carboxylic acids is 1. The van der Waals surface area contributed by atoms with Crippen molar-refractivity contribution >= 4 is 22.4 Å². The number of aryl methyl sites for hydroxylation is 1. The standard InChI is InChI=1S/C13H14N2O2S/c1-9-8-12(18-15-9)14-13(16)10(2)17-11-6-4-3-5-7-11/h3-8,10H,1-2H3,(H,14,16). The fourth-order valence-corrected chi connectivity index (χ4v) is 2.07. The van der Waals surface area contributed by atoms with Crippen molar-refractivity contribution in [1.82, 2.24) is 4.37 Å². The Balaban J connectivity index is 1.93. The van der Waals surface area contributed by atoms with Gasteiger partial charge in [0, 0.05) is 0 Å². The maximum atomic E-state index is 11.9. The Morgan fingerprint density at radius 3 is 2.72 bits per heavy atom. The molecule has 1 heterocycles. The molecular formula is C13H14N2O2S. The van der Waals surface area contributed by atoms with E-state index in [2.05, 4.69) is 9.69 Å². The van der Waals surface area contributed by atoms with Crippen molar-refractivity contribution < 1.29 is 9.53 Å². The summed E-state index contributed by atoms with van der Waals surface area (Å²) in [6.45, 7) is 3.60. The molecule has 0 spiro atoms. The molecule has 0 radical (unpaired) electrons. The van der Waals surface area contributed by atoms with Gasteiger partial charge in [-0.25, -0.2) is 0 Å². The van der Waals surface area contributed by atoms with Gasteiger partial charge in [-0.2, -0.15) is 4.37 Å². The summed E-state index contributed by atoms with van der Waals surface area (Å²) in [6.07, 6.45) is -0.546. The van der Waals surface area contributed by atoms with Crippen LogP contribution in [0.15, 0.2) is 36.4 Å². The average Bonchev–Trinajstić information content (AvgIpc) is 2.76. The maximum Gasteiger partial charge on any atom is 0.265 e. The summed E-state index contributed by atoms with van der Waals surface area (Å²) in [5.41, 5.74) is 0.895. The lowest BCUT2D eigenvalue weighted by Gasteiger charge is -2.13. The first-order valence-electron chi connectivity index (χ1n) is 5.61. The van der Waals surface area contributed by atoms with Crippen molar-refractivity contribution in [2.45, 2.75) is 20.0 Å². The molecule has 1 aromatic heterocycles. The number of hydrogen-bond acceptors (Lipinski definition) is 4. The van der Waals surface area contributed by atoms with Crippen LogP contribution in [0.2, 0.25) is 0 Å². The highest BCUT2D eigenvalue weighted by Gasteiger charge is 2.15. The van der Waals surface area contributed by atoms with E-state index in [0.717, 1.165) is 10.7 Å². The molecule has 0 aliphatic heterocycles. The molecule has 5 heteroatoms. The van der Waals surface area contributed by atoms with E-state index < -0.39 is 6.10 Å². The second kappa shape index (κ2) is 5.64. The van der Waals surface area contributed by atoms with Crippen LogP contribution in [0.3, 0.4) is 0 Å². The van der Waals surface area contributed by atoms with E-state index in [1.165, 1.54) is 11.5 Å². The molecule has 18 heavy (non-hydrogen) atoms. The smallest absolute Gasteiger partial charge is 0.265 e. The van der Waals surface area contributed by atoms with E-state index in [-0.39, 0.29) is 5.91 Å². The molecule has 1 atom stereocenters. The Hall–Kier alpha value is -1.88. The van der Waals surface area contributed by atoms with Gasteiger partial charge in [0.2, 0.25) is 0 Å². The normalized spacial score (nSPS) is 11.9. The number of benzene rings is 1. The predicted molar refractivity (Wildman–Crippen MR) is 72.0 cm³/mol. The number of nitrogens with zero attached hydrogens (tertiary/aromatic N) is 1. The molecule has 2 rings (SSSR count). The summed E-state index contributed by atoms with van der Waals surface area (Å²) in [4.78, 5) is 11.9. The minimum absolute atomic E-state index is 0.178. The molecule has 4 nitrogen and oxygen atoms in total. The highest BCUT2D eigenvalue weighted by Crippen LogP contribution is 2.17. The van der Waals surface area contributed by atoms with Crippen molar-refractivity contribution in [3.8, 4) is 5.75 Å². The highest BCUT2D eigenvalue weighted by molar-refractivity contribution is 7.10. The third-order valence-corrected chi connectivity index (χ3v) is 3.10. The van der Waals surface area contributed by atoms with Gasteiger partial charge in [-0.3, -0.25) is 4.79 Å². The molecule has 0 fully saturated rings. The van der Waals surface area contributed by atoms with Gasteiger partial charge >= 0.3 is 0 Å². The molecule has 0 saturated heterocycles. The molecule has 1 amide bonds. The van der Waals surface area contributed by atoms with Crippen LogP contribution >= 0.6 is 11.5 Å². The van der Waals surface area contributed by atoms with Crippen molar-refractivity contribution in [2.24, 2.45) is 0 Å². The van der Waals surface area contributed by atoms with Gasteiger partial charge in [0.25, 0.3) is 5.91 Å². The molecule has 1 aromatic carbocycles. The number of rotatable bonds is 4. The summed E-state index contributed by atoms with van der Waals surface area (Å²) in [6, 6.07) is 11.1. The van der Waals surface area contributed by atoms with Gasteiger partial charge < -0.3 is 10.1 Å². The Labute approximate surface area is 110 Å². The topological polar surface area (TPSA) is 51.2 Å². The van der Waals surface area contributed by atoms with E-state index in [0.29, 0.717) is 5.75 Å². The van der Waals surface area contributed by atoms with Crippen LogP contribution in [0.5, 0.6) is 5.75 Å². The van der Waals surface area contributed by atoms with Crippen LogP contribution in [0, 0.1) is 6.92 Å². The van der Waals surface area contributed by atoms with Gasteiger partial charge in [-0.15, -0.1) is 0 Å². The van der Waals surface area contributed by atoms with Gasteiger partial charge in [-0.1, -0.05) is 18.2 Å². The number of para-hydroxylation sites is 1. The Morgan fingerprint density at radius 2 is 2.11 bits per heavy atom. The molecule has 0 aliphatic rings. The predicted octanol–water partition coefficient (Wildman–Crippen LogP) is 2.86. The summed E-state index contributed by atoms with van der Waals surface area (Å²) >= 11 is 1.26. The van der Waals surface area contributed by atoms with E-state index in [9.17, 15) is 4.79 Å². The van der Waals surface area contributed by atoms with Crippen LogP contribution in [0.1, 0.15) is 12.6 Å². The minimum Gasteiger partial charge on any atom is -0.481 e. The number of ether oxygens (including phenoxy) is 1. The lowest BCUT2D eigenvalue weighted by Crippen LogP contribution is -2.29. The van der Waals surface area contributed by atoms with Crippen LogP contribution in [-0.2, 0) is 4.79 Å². The van der Waals surface area contributed by atoms with Crippen LogP contribution in [0.4, 0.5) is 5.00 Å². The third-order valence-electron chi connectivity index (χ3n) is 2.30. The second-order valence-corrected chi connectivity index (χ2v) is 4.70. The van der Waals surface area contributed by atoms with Crippen LogP contribution in [-0.4, -0.2) is 16.4 Å². The first kappa shape index (κ1) is 12.6. The first-order valence-corrected chi connectivity index (χ1v) is 6.38. The summed E-state index contributed by atoms with van der Waals surface area (Å²) < 4.78 is 9.63. The zero-order valence-corrected chi connectivity index (χ0v) is 11.0. The fraction of sp³-hybridized carbons (Fsp3) is 0.231. The van der Waals surface area contributed by atoms with E-state index in [1.54, 1.807) is 6.92 Å². The number of anilines is 1. The fourth-order valence-electron chi connectivity index (χ4n) is 1.40. The first-order chi connectivity index (χ1) is 8.65. The van der Waals surface area contributed by atoms with Crippen molar-refractivity contribution in [2.75, 3.05) is 5.32 Å². The van der Waals surface area contributed by atoms with E-state index in [4.69, 9.17) is 4.74 Å². The SMILES string of the molecule is Cc1cc(NC(=O)C(C)Oc2ccccc2)sn1.